The van der Waals surface area contributed by atoms with Crippen LogP contribution in [0.25, 0.3) is 11.0 Å². The number of rotatable bonds is 2. The average molecular weight is 223 g/mol. The second kappa shape index (κ2) is 3.47. The lowest BCUT2D eigenvalue weighted by atomic mass is 10.1. The highest BCUT2D eigenvalue weighted by Gasteiger charge is 2.13. The van der Waals surface area contributed by atoms with E-state index in [9.17, 15) is 4.79 Å². The van der Waals surface area contributed by atoms with Gasteiger partial charge in [0.25, 0.3) is 0 Å². The molecule has 5 nitrogen and oxygen atoms in total. The summed E-state index contributed by atoms with van der Waals surface area (Å²) in [5.74, 6) is -1.02. The van der Waals surface area contributed by atoms with Crippen molar-refractivity contribution in [1.82, 2.24) is 9.97 Å². The van der Waals surface area contributed by atoms with E-state index in [1.807, 2.05) is 6.26 Å². The molecule has 0 bridgehead atoms. The number of imidazole rings is 1. The Balaban J connectivity index is 2.77. The molecule has 2 aromatic rings. The Labute approximate surface area is 89.7 Å². The number of hydrogen-bond acceptors (Lipinski definition) is 4. The van der Waals surface area contributed by atoms with Crippen molar-refractivity contribution in [3.63, 3.8) is 0 Å². The molecule has 0 unspecified atom stereocenters. The summed E-state index contributed by atoms with van der Waals surface area (Å²) in [4.78, 5) is 18.1. The van der Waals surface area contributed by atoms with Crippen LogP contribution >= 0.6 is 11.8 Å². The minimum absolute atomic E-state index is 0.126. The highest BCUT2D eigenvalue weighted by atomic mass is 32.2. The molecular formula is C9H9N3O2S. The second-order valence-electron chi connectivity index (χ2n) is 3.02. The molecule has 15 heavy (non-hydrogen) atoms. The van der Waals surface area contributed by atoms with Gasteiger partial charge in [-0.05, 0) is 18.4 Å². The van der Waals surface area contributed by atoms with E-state index in [1.54, 1.807) is 6.07 Å². The standard InChI is InChI=1S/C9H9N3O2S/c1-15-9-11-6-3-4(10)2-5(8(13)14)7(6)12-9/h2-3H,10H2,1H3,(H,11,12)(H,13,14). The van der Waals surface area contributed by atoms with E-state index in [0.717, 1.165) is 0 Å². The van der Waals surface area contributed by atoms with E-state index in [0.29, 0.717) is 21.9 Å². The molecule has 0 saturated carbocycles. The number of H-pyrrole nitrogens is 1. The third-order valence-electron chi connectivity index (χ3n) is 2.01. The predicted molar refractivity (Wildman–Crippen MR) is 59.2 cm³/mol. The van der Waals surface area contributed by atoms with Gasteiger partial charge in [0.2, 0.25) is 0 Å². The minimum Gasteiger partial charge on any atom is -0.478 e. The maximum atomic E-state index is 10.9. The van der Waals surface area contributed by atoms with Crippen LogP contribution in [0, 0.1) is 0 Å². The van der Waals surface area contributed by atoms with E-state index in [4.69, 9.17) is 10.8 Å². The number of aromatic carboxylic acids is 1. The van der Waals surface area contributed by atoms with Crippen molar-refractivity contribution in [3.8, 4) is 0 Å². The molecule has 1 heterocycles. The topological polar surface area (TPSA) is 92.0 Å². The number of carbonyl (C=O) groups is 1. The van der Waals surface area contributed by atoms with Crippen LogP contribution in [0.4, 0.5) is 5.69 Å². The van der Waals surface area contributed by atoms with Gasteiger partial charge in [-0.1, -0.05) is 11.8 Å². The molecule has 0 fully saturated rings. The lowest BCUT2D eigenvalue weighted by molar-refractivity contribution is 0.0699. The smallest absolute Gasteiger partial charge is 0.338 e. The minimum atomic E-state index is -1.02. The lowest BCUT2D eigenvalue weighted by Gasteiger charge is -1.97. The number of nitrogens with zero attached hydrogens (tertiary/aromatic N) is 1. The summed E-state index contributed by atoms with van der Waals surface area (Å²) >= 11 is 1.42. The Hall–Kier alpha value is -1.69. The number of aromatic amines is 1. The van der Waals surface area contributed by atoms with Gasteiger partial charge in [0.1, 0.15) is 5.52 Å². The number of nitrogen functional groups attached to an aromatic ring is 1. The first kappa shape index (κ1) is 9.85. The summed E-state index contributed by atoms with van der Waals surface area (Å²) in [5, 5.41) is 9.65. The van der Waals surface area contributed by atoms with Gasteiger partial charge in [-0.2, -0.15) is 0 Å². The van der Waals surface area contributed by atoms with E-state index in [2.05, 4.69) is 9.97 Å². The quantitative estimate of drug-likeness (QED) is 0.531. The summed E-state index contributed by atoms with van der Waals surface area (Å²) in [6.07, 6.45) is 1.86. The number of carboxylic acids is 1. The van der Waals surface area contributed by atoms with Crippen LogP contribution in [0.15, 0.2) is 17.3 Å². The van der Waals surface area contributed by atoms with Crippen molar-refractivity contribution in [2.24, 2.45) is 0 Å². The van der Waals surface area contributed by atoms with E-state index in [1.165, 1.54) is 17.8 Å². The lowest BCUT2D eigenvalue weighted by Crippen LogP contribution is -1.99. The predicted octanol–water partition coefficient (Wildman–Crippen LogP) is 1.57. The molecule has 0 saturated heterocycles. The summed E-state index contributed by atoms with van der Waals surface area (Å²) in [6.45, 7) is 0. The van der Waals surface area contributed by atoms with Crippen LogP contribution in [0.1, 0.15) is 10.4 Å². The third kappa shape index (κ3) is 1.63. The van der Waals surface area contributed by atoms with Crippen molar-refractivity contribution >= 4 is 34.5 Å². The number of benzene rings is 1. The van der Waals surface area contributed by atoms with Gasteiger partial charge in [0.15, 0.2) is 5.16 Å². The molecule has 78 valence electrons. The number of hydrogen-bond donors (Lipinski definition) is 3. The van der Waals surface area contributed by atoms with Crippen LogP contribution in [0.5, 0.6) is 0 Å². The Morgan fingerprint density at radius 2 is 2.33 bits per heavy atom. The zero-order valence-corrected chi connectivity index (χ0v) is 8.76. The molecule has 0 aliphatic heterocycles. The maximum absolute atomic E-state index is 10.9. The molecule has 0 radical (unpaired) electrons. The van der Waals surface area contributed by atoms with Crippen LogP contribution in [0.3, 0.4) is 0 Å². The number of thioether (sulfide) groups is 1. The average Bonchev–Trinajstić information content (AvgIpc) is 2.58. The molecule has 1 aromatic carbocycles. The van der Waals surface area contributed by atoms with Crippen molar-refractivity contribution < 1.29 is 9.90 Å². The first-order valence-corrected chi connectivity index (χ1v) is 5.41. The Kier molecular flexibility index (Phi) is 2.28. The van der Waals surface area contributed by atoms with Gasteiger partial charge >= 0.3 is 5.97 Å². The Bertz CT molecular complexity index is 535. The van der Waals surface area contributed by atoms with E-state index in [-0.39, 0.29) is 5.56 Å². The maximum Gasteiger partial charge on any atom is 0.338 e. The molecule has 0 aliphatic carbocycles. The van der Waals surface area contributed by atoms with E-state index >= 15 is 0 Å². The Morgan fingerprint density at radius 3 is 2.93 bits per heavy atom. The number of aromatic nitrogens is 2. The van der Waals surface area contributed by atoms with Crippen molar-refractivity contribution in [3.05, 3.63) is 17.7 Å². The molecule has 2 rings (SSSR count). The number of carboxylic acid groups (broad SMARTS) is 1. The summed E-state index contributed by atoms with van der Waals surface area (Å²) in [7, 11) is 0. The normalized spacial score (nSPS) is 10.7. The summed E-state index contributed by atoms with van der Waals surface area (Å²) in [6, 6.07) is 3.09. The fraction of sp³-hybridized carbons (Fsp3) is 0.111. The monoisotopic (exact) mass is 223 g/mol. The zero-order valence-electron chi connectivity index (χ0n) is 7.94. The molecule has 0 spiro atoms. The molecule has 4 N–H and O–H groups in total. The van der Waals surface area contributed by atoms with E-state index < -0.39 is 5.97 Å². The molecular weight excluding hydrogens is 214 g/mol. The largest absolute Gasteiger partial charge is 0.478 e. The van der Waals surface area contributed by atoms with Crippen LogP contribution in [0.2, 0.25) is 0 Å². The van der Waals surface area contributed by atoms with Gasteiger partial charge in [-0.3, -0.25) is 0 Å². The number of nitrogens with one attached hydrogen (secondary N) is 1. The second-order valence-corrected chi connectivity index (χ2v) is 3.81. The molecule has 0 aliphatic rings. The zero-order chi connectivity index (χ0) is 11.0. The summed E-state index contributed by atoms with van der Waals surface area (Å²) < 4.78 is 0. The fourth-order valence-corrected chi connectivity index (χ4v) is 1.77. The van der Waals surface area contributed by atoms with Gasteiger partial charge < -0.3 is 15.8 Å². The molecule has 6 heteroatoms. The summed E-state index contributed by atoms with van der Waals surface area (Å²) in [5.41, 5.74) is 7.23. The number of anilines is 1. The van der Waals surface area contributed by atoms with Gasteiger partial charge in [0.05, 0.1) is 11.1 Å². The molecule has 1 aromatic heterocycles. The number of fused-ring (bicyclic) bond motifs is 1. The molecule has 0 atom stereocenters. The van der Waals surface area contributed by atoms with Crippen molar-refractivity contribution in [2.45, 2.75) is 5.16 Å². The van der Waals surface area contributed by atoms with Crippen LogP contribution < -0.4 is 5.73 Å². The van der Waals surface area contributed by atoms with Crippen LogP contribution in [-0.2, 0) is 0 Å². The fourth-order valence-electron chi connectivity index (χ4n) is 1.38. The van der Waals surface area contributed by atoms with Gasteiger partial charge in [-0.15, -0.1) is 0 Å². The van der Waals surface area contributed by atoms with Gasteiger partial charge in [0, 0.05) is 5.69 Å². The third-order valence-corrected chi connectivity index (χ3v) is 2.59. The SMILES string of the molecule is CSc1nc2c(C(=O)O)cc(N)cc2[nH]1. The van der Waals surface area contributed by atoms with Crippen molar-refractivity contribution in [1.29, 1.82) is 0 Å². The van der Waals surface area contributed by atoms with Gasteiger partial charge in [-0.25, -0.2) is 9.78 Å². The first-order chi connectivity index (χ1) is 7.11. The highest BCUT2D eigenvalue weighted by Crippen LogP contribution is 2.23. The molecule has 0 amide bonds. The van der Waals surface area contributed by atoms with Crippen molar-refractivity contribution in [2.75, 3.05) is 12.0 Å². The Morgan fingerprint density at radius 1 is 1.60 bits per heavy atom. The first-order valence-electron chi connectivity index (χ1n) is 4.18. The van der Waals surface area contributed by atoms with Crippen LogP contribution in [-0.4, -0.2) is 27.3 Å². The highest BCUT2D eigenvalue weighted by molar-refractivity contribution is 7.98. The number of nitrogens with two attached hydrogens (primary N) is 1.